The second kappa shape index (κ2) is 4.17. The molecule has 0 spiro atoms. The van der Waals surface area contributed by atoms with E-state index in [4.69, 9.17) is 11.6 Å². The van der Waals surface area contributed by atoms with Crippen LogP contribution in [0.25, 0.3) is 16.5 Å². The average molecular weight is 298 g/mol. The van der Waals surface area contributed by atoms with Crippen LogP contribution in [-0.4, -0.2) is 21.0 Å². The second-order valence-corrected chi connectivity index (χ2v) is 5.10. The van der Waals surface area contributed by atoms with E-state index in [1.807, 2.05) is 0 Å². The van der Waals surface area contributed by atoms with E-state index in [9.17, 15) is 9.90 Å². The molecule has 0 saturated heterocycles. The van der Waals surface area contributed by atoms with Crippen molar-refractivity contribution in [3.63, 3.8) is 0 Å². The molecule has 3 aromatic rings. The number of halogens is 1. The summed E-state index contributed by atoms with van der Waals surface area (Å²) in [4.78, 5) is 23.0. The number of carbonyl (C=O) groups excluding carboxylic acids is 1. The Morgan fingerprint density at radius 2 is 2.10 bits per heavy atom. The summed E-state index contributed by atoms with van der Waals surface area (Å²) in [5, 5.41) is 12.5. The number of benzene rings is 1. The van der Waals surface area contributed by atoms with E-state index >= 15 is 0 Å². The van der Waals surface area contributed by atoms with Crippen molar-refractivity contribution in [2.45, 2.75) is 0 Å². The fraction of sp³-hybridized carbons (Fsp3) is 0. The molecule has 5 nitrogen and oxygen atoms in total. The van der Waals surface area contributed by atoms with E-state index in [1.165, 1.54) is 0 Å². The molecule has 3 heterocycles. The van der Waals surface area contributed by atoms with Crippen molar-refractivity contribution in [3.8, 4) is 5.88 Å². The van der Waals surface area contributed by atoms with Crippen molar-refractivity contribution >= 4 is 34.0 Å². The topological polar surface area (TPSA) is 78.3 Å². The highest BCUT2D eigenvalue weighted by Gasteiger charge is 2.25. The minimum Gasteiger partial charge on any atom is -0.494 e. The van der Waals surface area contributed by atoms with Crippen LogP contribution in [0.15, 0.2) is 41.7 Å². The first-order valence-electron chi connectivity index (χ1n) is 6.24. The number of H-pyrrole nitrogens is 1. The average Bonchev–Trinajstić information content (AvgIpc) is 2.96. The van der Waals surface area contributed by atoms with Crippen LogP contribution in [0.3, 0.4) is 0 Å². The summed E-state index contributed by atoms with van der Waals surface area (Å²) < 4.78 is 0. The van der Waals surface area contributed by atoms with Crippen LogP contribution in [0.1, 0.15) is 5.56 Å². The standard InChI is InChI=1S/C15H8ClN3O2/c16-9-3-1-2-7-11(15(21)19-13(7)9)12-8-6-17-5-4-10(8)18-14(12)20/h1-6,19,21H. The predicted octanol–water partition coefficient (Wildman–Crippen LogP) is 1.28. The quantitative estimate of drug-likeness (QED) is 0.710. The third-order valence-corrected chi connectivity index (χ3v) is 3.83. The Hall–Kier alpha value is -2.66. The zero-order chi connectivity index (χ0) is 14.6. The summed E-state index contributed by atoms with van der Waals surface area (Å²) in [6.07, 6.45) is 3.15. The highest BCUT2D eigenvalue weighted by atomic mass is 35.5. The highest BCUT2D eigenvalue weighted by Crippen LogP contribution is 2.35. The summed E-state index contributed by atoms with van der Waals surface area (Å²) in [5.74, 6) is -0.498. The van der Waals surface area contributed by atoms with Gasteiger partial charge in [-0.1, -0.05) is 23.7 Å². The molecule has 1 aromatic carbocycles. The molecule has 2 aromatic heterocycles. The number of amides is 1. The summed E-state index contributed by atoms with van der Waals surface area (Å²) in [5.41, 5.74) is 1.33. The lowest BCUT2D eigenvalue weighted by Gasteiger charge is -2.00. The normalized spacial score (nSPS) is 13.6. The Bertz CT molecular complexity index is 1040. The van der Waals surface area contributed by atoms with Crippen LogP contribution in [0.2, 0.25) is 5.02 Å². The van der Waals surface area contributed by atoms with Gasteiger partial charge in [0.15, 0.2) is 5.88 Å². The number of para-hydroxylation sites is 1. The molecule has 1 amide bonds. The van der Waals surface area contributed by atoms with E-state index < -0.39 is 5.91 Å². The fourth-order valence-corrected chi connectivity index (χ4v) is 2.84. The van der Waals surface area contributed by atoms with Crippen molar-refractivity contribution in [2.75, 3.05) is 0 Å². The lowest BCUT2D eigenvalue weighted by Crippen LogP contribution is -2.23. The smallest absolute Gasteiger partial charge is 0.279 e. The number of aromatic nitrogens is 2. The molecule has 0 bridgehead atoms. The highest BCUT2D eigenvalue weighted by molar-refractivity contribution is 6.36. The lowest BCUT2D eigenvalue weighted by atomic mass is 10.0. The van der Waals surface area contributed by atoms with Crippen LogP contribution in [0.5, 0.6) is 5.88 Å². The summed E-state index contributed by atoms with van der Waals surface area (Å²) >= 11 is 6.11. The van der Waals surface area contributed by atoms with Gasteiger partial charge in [-0.3, -0.25) is 9.78 Å². The molecule has 0 fully saturated rings. The first-order chi connectivity index (χ1) is 10.2. The zero-order valence-corrected chi connectivity index (χ0v) is 11.3. The van der Waals surface area contributed by atoms with Gasteiger partial charge < -0.3 is 10.1 Å². The van der Waals surface area contributed by atoms with E-state index in [-0.39, 0.29) is 5.88 Å². The maximum Gasteiger partial charge on any atom is 0.279 e. The maximum absolute atomic E-state index is 12.2. The van der Waals surface area contributed by atoms with Crippen molar-refractivity contribution in [2.24, 2.45) is 4.99 Å². The molecular formula is C15H8ClN3O2. The Kier molecular flexibility index (Phi) is 2.40. The largest absolute Gasteiger partial charge is 0.494 e. The van der Waals surface area contributed by atoms with E-state index in [0.717, 1.165) is 0 Å². The fourth-order valence-electron chi connectivity index (χ4n) is 2.62. The number of aromatic amines is 1. The third-order valence-electron chi connectivity index (χ3n) is 3.52. The number of fused-ring (bicyclic) bond motifs is 2. The van der Waals surface area contributed by atoms with Gasteiger partial charge in [0.05, 0.1) is 27.0 Å². The van der Waals surface area contributed by atoms with Gasteiger partial charge in [0.2, 0.25) is 0 Å². The van der Waals surface area contributed by atoms with Gasteiger partial charge in [-0.25, -0.2) is 4.99 Å². The SMILES string of the molecule is O=C1N=c2ccncc2=C1c1c(O)[nH]c2c(Cl)cccc12. The molecule has 0 unspecified atom stereocenters. The molecule has 0 saturated carbocycles. The minimum atomic E-state index is -0.394. The molecule has 0 aliphatic carbocycles. The molecule has 1 aliphatic rings. The molecule has 0 radical (unpaired) electrons. The van der Waals surface area contributed by atoms with Crippen molar-refractivity contribution < 1.29 is 9.90 Å². The van der Waals surface area contributed by atoms with Gasteiger partial charge in [0.1, 0.15) is 0 Å². The van der Waals surface area contributed by atoms with Crippen molar-refractivity contribution in [1.29, 1.82) is 0 Å². The monoisotopic (exact) mass is 297 g/mol. The number of nitrogens with zero attached hydrogens (tertiary/aromatic N) is 2. The lowest BCUT2D eigenvalue weighted by molar-refractivity contribution is -0.112. The minimum absolute atomic E-state index is 0.103. The van der Waals surface area contributed by atoms with Crippen LogP contribution in [0, 0.1) is 0 Å². The number of pyridine rings is 1. The molecule has 102 valence electrons. The van der Waals surface area contributed by atoms with Crippen LogP contribution in [-0.2, 0) is 4.79 Å². The van der Waals surface area contributed by atoms with Gasteiger partial charge in [-0.2, -0.15) is 0 Å². The van der Waals surface area contributed by atoms with E-state index in [1.54, 1.807) is 36.7 Å². The summed E-state index contributed by atoms with van der Waals surface area (Å²) in [6, 6.07) is 6.94. The summed E-state index contributed by atoms with van der Waals surface area (Å²) in [6.45, 7) is 0. The van der Waals surface area contributed by atoms with Gasteiger partial charge in [-0.05, 0) is 12.1 Å². The maximum atomic E-state index is 12.2. The number of rotatable bonds is 1. The second-order valence-electron chi connectivity index (χ2n) is 4.70. The predicted molar refractivity (Wildman–Crippen MR) is 77.5 cm³/mol. The number of nitrogens with one attached hydrogen (secondary N) is 1. The molecule has 2 N–H and O–H groups in total. The van der Waals surface area contributed by atoms with Crippen molar-refractivity contribution in [3.05, 3.63) is 57.8 Å². The van der Waals surface area contributed by atoms with E-state index in [0.29, 0.717) is 37.6 Å². The first-order valence-corrected chi connectivity index (χ1v) is 6.61. The Morgan fingerprint density at radius 3 is 2.95 bits per heavy atom. The Labute approximate surface area is 123 Å². The number of aromatic hydroxyl groups is 1. The van der Waals surface area contributed by atoms with E-state index in [2.05, 4.69) is 15.0 Å². The zero-order valence-electron chi connectivity index (χ0n) is 10.6. The molecular weight excluding hydrogens is 290 g/mol. The van der Waals surface area contributed by atoms with Gasteiger partial charge in [-0.15, -0.1) is 0 Å². The number of hydrogen-bond acceptors (Lipinski definition) is 3. The van der Waals surface area contributed by atoms with Crippen molar-refractivity contribution in [1.82, 2.24) is 9.97 Å². The molecule has 4 rings (SSSR count). The first kappa shape index (κ1) is 12.1. The summed E-state index contributed by atoms with van der Waals surface area (Å²) in [7, 11) is 0. The van der Waals surface area contributed by atoms with Gasteiger partial charge in [0, 0.05) is 23.0 Å². The number of carbonyl (C=O) groups is 1. The Balaban J connectivity index is 2.19. The molecule has 0 atom stereocenters. The van der Waals surface area contributed by atoms with Gasteiger partial charge in [0.25, 0.3) is 5.91 Å². The third kappa shape index (κ3) is 1.61. The van der Waals surface area contributed by atoms with Crippen LogP contribution >= 0.6 is 11.6 Å². The number of hydrogen-bond donors (Lipinski definition) is 2. The molecule has 1 aliphatic heterocycles. The molecule has 21 heavy (non-hydrogen) atoms. The molecule has 6 heteroatoms. The van der Waals surface area contributed by atoms with Crippen LogP contribution in [0.4, 0.5) is 0 Å². The van der Waals surface area contributed by atoms with Crippen LogP contribution < -0.4 is 10.6 Å². The Morgan fingerprint density at radius 1 is 1.24 bits per heavy atom. The van der Waals surface area contributed by atoms with Gasteiger partial charge >= 0.3 is 0 Å².